The zero-order chi connectivity index (χ0) is 13.3. The molecule has 3 heteroatoms. The number of hydrogen-bond acceptors (Lipinski definition) is 2. The Kier molecular flexibility index (Phi) is 3.62. The summed E-state index contributed by atoms with van der Waals surface area (Å²) in [5, 5.41) is 10.0. The van der Waals surface area contributed by atoms with Gasteiger partial charge >= 0.3 is 0 Å². The number of benzene rings is 1. The first kappa shape index (κ1) is 13.3. The summed E-state index contributed by atoms with van der Waals surface area (Å²) in [5.41, 5.74) is 0.961. The molecule has 100 valence electrons. The van der Waals surface area contributed by atoms with Crippen molar-refractivity contribution in [3.8, 4) is 5.75 Å². The van der Waals surface area contributed by atoms with E-state index in [0.717, 1.165) is 24.8 Å². The lowest BCUT2D eigenvalue weighted by Crippen LogP contribution is -2.41. The van der Waals surface area contributed by atoms with E-state index in [9.17, 15) is 9.50 Å². The van der Waals surface area contributed by atoms with Gasteiger partial charge in [0, 0.05) is 0 Å². The third-order valence-corrected chi connectivity index (χ3v) is 3.72. The molecule has 1 aliphatic rings. The average Bonchev–Trinajstić information content (AvgIpc) is 2.27. The van der Waals surface area contributed by atoms with Gasteiger partial charge in [-0.15, -0.1) is 0 Å². The molecule has 0 spiro atoms. The van der Waals surface area contributed by atoms with Gasteiger partial charge in [0.05, 0.1) is 6.10 Å². The van der Waals surface area contributed by atoms with E-state index in [2.05, 4.69) is 13.8 Å². The summed E-state index contributed by atoms with van der Waals surface area (Å²) in [4.78, 5) is 0. The van der Waals surface area contributed by atoms with Gasteiger partial charge in [-0.1, -0.05) is 13.8 Å². The standard InChI is InChI=1S/C15H21FO2/c1-10-8-11(16)4-5-13(10)18-14-9-15(2,3)7-6-12(14)17/h4-5,8,12,14,17H,6-7,9H2,1-3H3. The molecule has 18 heavy (non-hydrogen) atoms. The molecular weight excluding hydrogens is 231 g/mol. The lowest BCUT2D eigenvalue weighted by molar-refractivity contribution is -0.0307. The summed E-state index contributed by atoms with van der Waals surface area (Å²) in [6.45, 7) is 6.19. The molecular formula is C15H21FO2. The number of aliphatic hydroxyl groups excluding tert-OH is 1. The highest BCUT2D eigenvalue weighted by molar-refractivity contribution is 5.32. The highest BCUT2D eigenvalue weighted by atomic mass is 19.1. The van der Waals surface area contributed by atoms with Gasteiger partial charge in [0.25, 0.3) is 0 Å². The number of aryl methyl sites for hydroxylation is 1. The summed E-state index contributed by atoms with van der Waals surface area (Å²) in [6, 6.07) is 4.48. The SMILES string of the molecule is Cc1cc(F)ccc1OC1CC(C)(C)CCC1O. The predicted molar refractivity (Wildman–Crippen MR) is 69.2 cm³/mol. The molecule has 1 aromatic rings. The van der Waals surface area contributed by atoms with E-state index in [1.807, 2.05) is 6.92 Å². The summed E-state index contributed by atoms with van der Waals surface area (Å²) in [6.07, 6.45) is 1.97. The Morgan fingerprint density at radius 3 is 2.78 bits per heavy atom. The van der Waals surface area contributed by atoms with Crippen LogP contribution in [0.4, 0.5) is 4.39 Å². The molecule has 2 atom stereocenters. The van der Waals surface area contributed by atoms with E-state index < -0.39 is 6.10 Å². The van der Waals surface area contributed by atoms with Crippen LogP contribution in [0, 0.1) is 18.2 Å². The first-order chi connectivity index (χ1) is 8.37. The molecule has 0 amide bonds. The molecule has 0 aromatic heterocycles. The molecule has 0 saturated heterocycles. The smallest absolute Gasteiger partial charge is 0.125 e. The largest absolute Gasteiger partial charge is 0.487 e. The van der Waals surface area contributed by atoms with E-state index >= 15 is 0 Å². The maximum atomic E-state index is 13.0. The van der Waals surface area contributed by atoms with Crippen LogP contribution in [0.3, 0.4) is 0 Å². The quantitative estimate of drug-likeness (QED) is 0.873. The molecule has 0 bridgehead atoms. The maximum Gasteiger partial charge on any atom is 0.125 e. The van der Waals surface area contributed by atoms with Crippen molar-refractivity contribution in [2.24, 2.45) is 5.41 Å². The Bertz CT molecular complexity index is 429. The number of ether oxygens (including phenoxy) is 1. The lowest BCUT2D eigenvalue weighted by atomic mass is 9.75. The van der Waals surface area contributed by atoms with Crippen molar-refractivity contribution in [2.45, 2.75) is 52.2 Å². The fourth-order valence-electron chi connectivity index (χ4n) is 2.54. The fourth-order valence-corrected chi connectivity index (χ4v) is 2.54. The van der Waals surface area contributed by atoms with Crippen molar-refractivity contribution in [1.82, 2.24) is 0 Å². The maximum absolute atomic E-state index is 13.0. The second kappa shape index (κ2) is 4.88. The molecule has 1 aromatic carbocycles. The molecule has 0 radical (unpaired) electrons. The molecule has 0 aliphatic heterocycles. The monoisotopic (exact) mass is 252 g/mol. The predicted octanol–water partition coefficient (Wildman–Crippen LogP) is 3.45. The second-order valence-corrected chi connectivity index (χ2v) is 6.04. The number of aliphatic hydroxyl groups is 1. The number of rotatable bonds is 2. The van der Waals surface area contributed by atoms with Gasteiger partial charge < -0.3 is 9.84 Å². The minimum absolute atomic E-state index is 0.192. The Labute approximate surface area is 108 Å². The van der Waals surface area contributed by atoms with Gasteiger partial charge in [-0.05, 0) is 55.4 Å². The Morgan fingerprint density at radius 2 is 2.11 bits per heavy atom. The molecule has 0 heterocycles. The van der Waals surface area contributed by atoms with Crippen molar-refractivity contribution in [3.05, 3.63) is 29.6 Å². The average molecular weight is 252 g/mol. The first-order valence-corrected chi connectivity index (χ1v) is 6.48. The van der Waals surface area contributed by atoms with E-state index in [-0.39, 0.29) is 17.3 Å². The van der Waals surface area contributed by atoms with Gasteiger partial charge in [0.2, 0.25) is 0 Å². The van der Waals surface area contributed by atoms with Gasteiger partial charge in [0.15, 0.2) is 0 Å². The molecule has 1 fully saturated rings. The Morgan fingerprint density at radius 1 is 1.39 bits per heavy atom. The number of hydrogen-bond donors (Lipinski definition) is 1. The van der Waals surface area contributed by atoms with Crippen LogP contribution >= 0.6 is 0 Å². The van der Waals surface area contributed by atoms with E-state index in [0.29, 0.717) is 5.75 Å². The van der Waals surface area contributed by atoms with Crippen molar-refractivity contribution in [3.63, 3.8) is 0 Å². The molecule has 2 nitrogen and oxygen atoms in total. The minimum Gasteiger partial charge on any atom is -0.487 e. The van der Waals surface area contributed by atoms with Crippen molar-refractivity contribution in [1.29, 1.82) is 0 Å². The van der Waals surface area contributed by atoms with Crippen molar-refractivity contribution < 1.29 is 14.2 Å². The molecule has 1 aliphatic carbocycles. The van der Waals surface area contributed by atoms with Crippen LogP contribution < -0.4 is 4.74 Å². The highest BCUT2D eigenvalue weighted by Gasteiger charge is 2.35. The summed E-state index contributed by atoms with van der Waals surface area (Å²) in [5.74, 6) is 0.405. The van der Waals surface area contributed by atoms with Crippen LogP contribution in [0.25, 0.3) is 0 Å². The van der Waals surface area contributed by atoms with Crippen LogP contribution in [-0.4, -0.2) is 17.3 Å². The molecule has 2 rings (SSSR count). The van der Waals surface area contributed by atoms with Crippen molar-refractivity contribution in [2.75, 3.05) is 0 Å². The third-order valence-electron chi connectivity index (χ3n) is 3.72. The molecule has 1 saturated carbocycles. The van der Waals surface area contributed by atoms with Crippen LogP contribution in [0.5, 0.6) is 5.75 Å². The zero-order valence-corrected chi connectivity index (χ0v) is 11.2. The lowest BCUT2D eigenvalue weighted by Gasteiger charge is -2.38. The highest BCUT2D eigenvalue weighted by Crippen LogP contribution is 2.37. The third kappa shape index (κ3) is 3.02. The van der Waals surface area contributed by atoms with Crippen LogP contribution in [0.2, 0.25) is 0 Å². The first-order valence-electron chi connectivity index (χ1n) is 6.48. The van der Waals surface area contributed by atoms with Crippen molar-refractivity contribution >= 4 is 0 Å². The van der Waals surface area contributed by atoms with E-state index in [4.69, 9.17) is 4.74 Å². The van der Waals surface area contributed by atoms with Gasteiger partial charge in [-0.2, -0.15) is 0 Å². The van der Waals surface area contributed by atoms with Crippen LogP contribution in [0.15, 0.2) is 18.2 Å². The molecule has 2 unspecified atom stereocenters. The van der Waals surface area contributed by atoms with E-state index in [1.165, 1.54) is 12.1 Å². The van der Waals surface area contributed by atoms with E-state index in [1.54, 1.807) is 6.07 Å². The topological polar surface area (TPSA) is 29.5 Å². The minimum atomic E-state index is -0.428. The normalized spacial score (nSPS) is 26.9. The van der Waals surface area contributed by atoms with Gasteiger partial charge in [0.1, 0.15) is 17.7 Å². The summed E-state index contributed by atoms with van der Waals surface area (Å²) >= 11 is 0. The van der Waals surface area contributed by atoms with Gasteiger partial charge in [-0.3, -0.25) is 0 Å². The summed E-state index contributed by atoms with van der Waals surface area (Å²) < 4.78 is 18.9. The summed E-state index contributed by atoms with van der Waals surface area (Å²) in [7, 11) is 0. The molecule has 1 N–H and O–H groups in total. The number of halogens is 1. The Hall–Kier alpha value is -1.09. The van der Waals surface area contributed by atoms with Gasteiger partial charge in [-0.25, -0.2) is 4.39 Å². The Balaban J connectivity index is 2.12. The second-order valence-electron chi connectivity index (χ2n) is 6.04. The van der Waals surface area contributed by atoms with Crippen LogP contribution in [-0.2, 0) is 0 Å². The van der Waals surface area contributed by atoms with Crippen LogP contribution in [0.1, 0.15) is 38.7 Å². The fraction of sp³-hybridized carbons (Fsp3) is 0.600. The zero-order valence-electron chi connectivity index (χ0n) is 11.2.